The third-order valence-corrected chi connectivity index (χ3v) is 6.35. The van der Waals surface area contributed by atoms with E-state index in [-0.39, 0.29) is 17.5 Å². The lowest BCUT2D eigenvalue weighted by atomic mass is 10.2. The minimum absolute atomic E-state index is 0.0947. The monoisotopic (exact) mass is 393 g/mol. The number of hydrogen-bond acceptors (Lipinski definition) is 5. The van der Waals surface area contributed by atoms with E-state index in [2.05, 4.69) is 10.1 Å². The molecule has 0 aromatic carbocycles. The zero-order chi connectivity index (χ0) is 18.1. The largest absolute Gasteiger partial charge is 0.326 e. The Hall–Kier alpha value is -1.93. The lowest BCUT2D eigenvalue weighted by molar-refractivity contribution is -0.131. The molecule has 0 atom stereocenters. The number of aromatic nitrogens is 3. The highest BCUT2D eigenvalue weighted by molar-refractivity contribution is 7.16. The van der Waals surface area contributed by atoms with Gasteiger partial charge in [-0.3, -0.25) is 9.69 Å². The molecule has 0 spiro atoms. The number of hydrogen-bond donors (Lipinski definition) is 0. The first-order valence-corrected chi connectivity index (χ1v) is 9.95. The van der Waals surface area contributed by atoms with Crippen molar-refractivity contribution in [3.63, 3.8) is 0 Å². The fraction of sp³-hybridized carbons (Fsp3) is 0.529. The van der Waals surface area contributed by atoms with E-state index in [1.54, 1.807) is 27.2 Å². The van der Waals surface area contributed by atoms with Crippen LogP contribution < -0.4 is 0 Å². The molecule has 1 saturated heterocycles. The first-order valence-electron chi connectivity index (χ1n) is 8.76. The molecule has 2 aliphatic rings. The van der Waals surface area contributed by atoms with Crippen LogP contribution in [0.5, 0.6) is 0 Å². The fourth-order valence-electron chi connectivity index (χ4n) is 3.38. The summed E-state index contributed by atoms with van der Waals surface area (Å²) in [5, 5.41) is 4.20. The lowest BCUT2D eigenvalue weighted by Crippen LogP contribution is -2.55. The number of carbonyl (C=O) groups is 2. The van der Waals surface area contributed by atoms with Crippen LogP contribution in [0, 0.1) is 0 Å². The minimum atomic E-state index is -0.265. The fourth-order valence-corrected chi connectivity index (χ4v) is 4.51. The van der Waals surface area contributed by atoms with Gasteiger partial charge in [0, 0.05) is 24.4 Å². The van der Waals surface area contributed by atoms with Gasteiger partial charge in [-0.15, -0.1) is 11.3 Å². The average molecular weight is 394 g/mol. The molecule has 1 aliphatic heterocycles. The Morgan fingerprint density at radius 1 is 1.27 bits per heavy atom. The number of aryl methyl sites for hydroxylation is 1. The standard InChI is InChI=1S/C17H20ClN5O2S/c18-14-4-3-13(26-14)2-1-8-21-9-5-15(24)22(16(21)25)10-17(6-7-17)23-12-19-11-20-23/h3-4,11-12H,1-2,5-10H2. The molecule has 2 aromatic heterocycles. The van der Waals surface area contributed by atoms with Crippen molar-refractivity contribution < 1.29 is 9.59 Å². The second kappa shape index (κ2) is 7.00. The third-order valence-electron chi connectivity index (χ3n) is 5.06. The van der Waals surface area contributed by atoms with Gasteiger partial charge < -0.3 is 4.90 Å². The molecule has 3 amide bonds. The van der Waals surface area contributed by atoms with Gasteiger partial charge in [-0.1, -0.05) is 11.6 Å². The summed E-state index contributed by atoms with van der Waals surface area (Å²) in [6.45, 7) is 1.52. The maximum absolute atomic E-state index is 12.8. The molecule has 0 bridgehead atoms. The smallest absolute Gasteiger partial charge is 0.324 e. The van der Waals surface area contributed by atoms with Crippen LogP contribution in [0.1, 0.15) is 30.6 Å². The molecule has 138 valence electrons. The number of amides is 3. The van der Waals surface area contributed by atoms with Crippen LogP contribution in [0.4, 0.5) is 4.79 Å². The molecular formula is C17H20ClN5O2S. The lowest BCUT2D eigenvalue weighted by Gasteiger charge is -2.36. The molecule has 26 heavy (non-hydrogen) atoms. The van der Waals surface area contributed by atoms with Crippen LogP contribution in [-0.2, 0) is 16.8 Å². The molecule has 1 saturated carbocycles. The van der Waals surface area contributed by atoms with Crippen molar-refractivity contribution >= 4 is 34.9 Å². The number of urea groups is 1. The third kappa shape index (κ3) is 3.48. The van der Waals surface area contributed by atoms with E-state index in [0.717, 1.165) is 30.0 Å². The quantitative estimate of drug-likeness (QED) is 0.725. The van der Waals surface area contributed by atoms with Crippen molar-refractivity contribution in [2.75, 3.05) is 19.6 Å². The van der Waals surface area contributed by atoms with Crippen LogP contribution in [0.25, 0.3) is 0 Å². The van der Waals surface area contributed by atoms with E-state index >= 15 is 0 Å². The van der Waals surface area contributed by atoms with Gasteiger partial charge in [0.05, 0.1) is 16.4 Å². The minimum Gasteiger partial charge on any atom is -0.324 e. The average Bonchev–Trinajstić information content (AvgIpc) is 3.02. The maximum atomic E-state index is 12.8. The molecule has 1 aliphatic carbocycles. The van der Waals surface area contributed by atoms with Gasteiger partial charge in [0.2, 0.25) is 5.91 Å². The molecule has 3 heterocycles. The number of nitrogens with zero attached hydrogens (tertiary/aromatic N) is 5. The van der Waals surface area contributed by atoms with Crippen molar-refractivity contribution in [3.05, 3.63) is 34.0 Å². The molecule has 0 N–H and O–H groups in total. The number of rotatable bonds is 7. The summed E-state index contributed by atoms with van der Waals surface area (Å²) in [5.74, 6) is -0.0947. The predicted molar refractivity (Wildman–Crippen MR) is 98.2 cm³/mol. The number of imide groups is 1. The van der Waals surface area contributed by atoms with E-state index < -0.39 is 0 Å². The first-order chi connectivity index (χ1) is 12.6. The normalized spacial score (nSPS) is 19.3. The maximum Gasteiger partial charge on any atom is 0.326 e. The molecule has 0 unspecified atom stereocenters. The van der Waals surface area contributed by atoms with Gasteiger partial charge in [0.25, 0.3) is 0 Å². The summed E-state index contributed by atoms with van der Waals surface area (Å²) in [7, 11) is 0. The summed E-state index contributed by atoms with van der Waals surface area (Å²) in [4.78, 5) is 33.6. The number of thiophene rings is 1. The van der Waals surface area contributed by atoms with Crippen molar-refractivity contribution in [1.82, 2.24) is 24.6 Å². The molecule has 2 aromatic rings. The van der Waals surface area contributed by atoms with Crippen molar-refractivity contribution in [3.8, 4) is 0 Å². The summed E-state index contributed by atoms with van der Waals surface area (Å²) >= 11 is 7.53. The molecule has 7 nitrogen and oxygen atoms in total. The summed E-state index contributed by atoms with van der Waals surface area (Å²) < 4.78 is 2.57. The Morgan fingerprint density at radius 2 is 2.12 bits per heavy atom. The zero-order valence-corrected chi connectivity index (χ0v) is 15.9. The first kappa shape index (κ1) is 17.5. The topological polar surface area (TPSA) is 71.3 Å². The van der Waals surface area contributed by atoms with Crippen LogP contribution in [-0.4, -0.2) is 56.1 Å². The predicted octanol–water partition coefficient (Wildman–Crippen LogP) is 2.77. The van der Waals surface area contributed by atoms with E-state index in [0.29, 0.717) is 26.1 Å². The Balaban J connectivity index is 1.36. The van der Waals surface area contributed by atoms with E-state index in [4.69, 9.17) is 11.6 Å². The van der Waals surface area contributed by atoms with Crippen LogP contribution in [0.3, 0.4) is 0 Å². The molecule has 4 rings (SSSR count). The van der Waals surface area contributed by atoms with Crippen molar-refractivity contribution in [2.24, 2.45) is 0 Å². The zero-order valence-electron chi connectivity index (χ0n) is 14.3. The van der Waals surface area contributed by atoms with Crippen molar-refractivity contribution in [1.29, 1.82) is 0 Å². The number of carbonyl (C=O) groups excluding carboxylic acids is 2. The Kier molecular flexibility index (Phi) is 4.71. The van der Waals surface area contributed by atoms with Gasteiger partial charge in [0.15, 0.2) is 0 Å². The summed E-state index contributed by atoms with van der Waals surface area (Å²) in [6.07, 6.45) is 7.10. The van der Waals surface area contributed by atoms with Crippen LogP contribution in [0.15, 0.2) is 24.8 Å². The Bertz CT molecular complexity index is 802. The van der Waals surface area contributed by atoms with Gasteiger partial charge >= 0.3 is 6.03 Å². The van der Waals surface area contributed by atoms with Gasteiger partial charge in [-0.05, 0) is 37.8 Å². The van der Waals surface area contributed by atoms with Crippen molar-refractivity contribution in [2.45, 2.75) is 37.6 Å². The van der Waals surface area contributed by atoms with Gasteiger partial charge in [0.1, 0.15) is 12.7 Å². The Morgan fingerprint density at radius 3 is 2.77 bits per heavy atom. The highest BCUT2D eigenvalue weighted by atomic mass is 35.5. The van der Waals surface area contributed by atoms with E-state index in [9.17, 15) is 9.59 Å². The van der Waals surface area contributed by atoms with E-state index in [1.165, 1.54) is 16.1 Å². The molecule has 9 heteroatoms. The van der Waals surface area contributed by atoms with Crippen LogP contribution >= 0.6 is 22.9 Å². The summed E-state index contributed by atoms with van der Waals surface area (Å²) in [5.41, 5.74) is -0.265. The Labute approximate surface area is 160 Å². The van der Waals surface area contributed by atoms with Gasteiger partial charge in [-0.25, -0.2) is 14.5 Å². The molecular weight excluding hydrogens is 374 g/mol. The van der Waals surface area contributed by atoms with Crippen LogP contribution in [0.2, 0.25) is 4.34 Å². The summed E-state index contributed by atoms with van der Waals surface area (Å²) in [6, 6.07) is 3.74. The second-order valence-corrected chi connectivity index (χ2v) is 8.67. The highest BCUT2D eigenvalue weighted by Crippen LogP contribution is 2.43. The molecule has 2 fully saturated rings. The number of halogens is 1. The van der Waals surface area contributed by atoms with Gasteiger partial charge in [-0.2, -0.15) is 5.10 Å². The molecule has 0 radical (unpaired) electrons. The van der Waals surface area contributed by atoms with E-state index in [1.807, 2.05) is 12.1 Å². The SMILES string of the molecule is O=C1CCN(CCCc2ccc(Cl)s2)C(=O)N1CC1(n2cncn2)CC1. The second-order valence-electron chi connectivity index (χ2n) is 6.87. The highest BCUT2D eigenvalue weighted by Gasteiger charge is 2.49.